The van der Waals surface area contributed by atoms with Gasteiger partial charge in [0.25, 0.3) is 5.56 Å². The lowest BCUT2D eigenvalue weighted by atomic mass is 10.2. The summed E-state index contributed by atoms with van der Waals surface area (Å²) in [5.74, 6) is 0.157. The van der Waals surface area contributed by atoms with E-state index < -0.39 is 0 Å². The molecule has 1 fully saturated rings. The number of hydrogen-bond acceptors (Lipinski definition) is 5. The molecular weight excluding hydrogens is 410 g/mol. The number of amides is 1. The number of halogens is 1. The van der Waals surface area contributed by atoms with Crippen LogP contribution in [0.4, 0.5) is 11.4 Å². The Morgan fingerprint density at radius 3 is 2.63 bits per heavy atom. The highest BCUT2D eigenvalue weighted by molar-refractivity contribution is 9.10. The van der Waals surface area contributed by atoms with Gasteiger partial charge < -0.3 is 9.80 Å². The lowest BCUT2D eigenvalue weighted by molar-refractivity contribution is -0.119. The molecule has 1 aromatic carbocycles. The van der Waals surface area contributed by atoms with Gasteiger partial charge in [-0.3, -0.25) is 14.5 Å². The molecule has 2 aromatic rings. The maximum Gasteiger partial charge on any atom is 0.282 e. The Bertz CT molecular complexity index is 921. The van der Waals surface area contributed by atoms with Gasteiger partial charge in [-0.05, 0) is 34.0 Å². The molecule has 0 unspecified atom stereocenters. The number of benzene rings is 1. The Hall–Kier alpha value is -2.19. The number of carbonyl (C=O) groups excluding carboxylic acids is 1. The van der Waals surface area contributed by atoms with Crippen molar-refractivity contribution in [3.05, 3.63) is 50.9 Å². The van der Waals surface area contributed by atoms with Crippen molar-refractivity contribution in [1.82, 2.24) is 14.7 Å². The summed E-state index contributed by atoms with van der Waals surface area (Å²) in [5.41, 5.74) is 2.98. The Kier molecular flexibility index (Phi) is 5.01. The SMILES string of the molecule is Cn1ncc(N2CCN(CC(=O)N3CCc4ccccc43)CC2)c(Br)c1=O. The zero-order chi connectivity index (χ0) is 19.0. The summed E-state index contributed by atoms with van der Waals surface area (Å²) in [6.07, 6.45) is 2.65. The van der Waals surface area contributed by atoms with Gasteiger partial charge >= 0.3 is 0 Å². The maximum absolute atomic E-state index is 12.8. The van der Waals surface area contributed by atoms with Crippen molar-refractivity contribution in [2.45, 2.75) is 6.42 Å². The first-order chi connectivity index (χ1) is 13.0. The van der Waals surface area contributed by atoms with Gasteiger partial charge in [0, 0.05) is 45.5 Å². The predicted molar refractivity (Wildman–Crippen MR) is 108 cm³/mol. The summed E-state index contributed by atoms with van der Waals surface area (Å²) in [6, 6.07) is 8.13. The van der Waals surface area contributed by atoms with Crippen molar-refractivity contribution in [3.8, 4) is 0 Å². The number of nitrogens with zero attached hydrogens (tertiary/aromatic N) is 5. The van der Waals surface area contributed by atoms with E-state index in [-0.39, 0.29) is 11.5 Å². The van der Waals surface area contributed by atoms with Crippen LogP contribution >= 0.6 is 15.9 Å². The number of carbonyl (C=O) groups is 1. The summed E-state index contributed by atoms with van der Waals surface area (Å²) < 4.78 is 1.86. The second kappa shape index (κ2) is 7.44. The second-order valence-corrected chi connectivity index (χ2v) is 7.75. The molecule has 142 valence electrons. The minimum Gasteiger partial charge on any atom is -0.367 e. The molecule has 4 rings (SSSR count). The van der Waals surface area contributed by atoms with Crippen LogP contribution in [0.1, 0.15) is 5.56 Å². The van der Waals surface area contributed by atoms with Gasteiger partial charge in [0.15, 0.2) is 0 Å². The quantitative estimate of drug-likeness (QED) is 0.731. The third-order valence-electron chi connectivity index (χ3n) is 5.32. The molecule has 27 heavy (non-hydrogen) atoms. The van der Waals surface area contributed by atoms with Crippen molar-refractivity contribution in [2.24, 2.45) is 7.05 Å². The first-order valence-electron chi connectivity index (χ1n) is 9.12. The Labute approximate surface area is 166 Å². The van der Waals surface area contributed by atoms with Crippen LogP contribution in [-0.4, -0.2) is 59.9 Å². The van der Waals surface area contributed by atoms with Crippen LogP contribution in [0.2, 0.25) is 0 Å². The van der Waals surface area contributed by atoms with Crippen LogP contribution in [0.3, 0.4) is 0 Å². The number of para-hydroxylation sites is 1. The van der Waals surface area contributed by atoms with Gasteiger partial charge in [-0.2, -0.15) is 5.10 Å². The van der Waals surface area contributed by atoms with Crippen LogP contribution in [0.15, 0.2) is 39.7 Å². The van der Waals surface area contributed by atoms with Crippen molar-refractivity contribution in [3.63, 3.8) is 0 Å². The second-order valence-electron chi connectivity index (χ2n) is 6.96. The van der Waals surface area contributed by atoms with E-state index >= 15 is 0 Å². The molecule has 2 aliphatic rings. The van der Waals surface area contributed by atoms with E-state index in [1.165, 1.54) is 10.2 Å². The average molecular weight is 432 g/mol. The fourth-order valence-electron chi connectivity index (χ4n) is 3.74. The summed E-state index contributed by atoms with van der Waals surface area (Å²) in [6.45, 7) is 4.28. The van der Waals surface area contributed by atoms with E-state index in [1.54, 1.807) is 13.2 Å². The molecule has 0 bridgehead atoms. The third kappa shape index (κ3) is 3.51. The minimum absolute atomic E-state index is 0.141. The molecule has 1 amide bonds. The van der Waals surface area contributed by atoms with Crippen LogP contribution < -0.4 is 15.4 Å². The van der Waals surface area contributed by atoms with Crippen molar-refractivity contribution < 1.29 is 4.79 Å². The molecule has 0 aliphatic carbocycles. The number of piperazine rings is 1. The number of aromatic nitrogens is 2. The Balaban J connectivity index is 1.37. The van der Waals surface area contributed by atoms with Gasteiger partial charge in [-0.25, -0.2) is 4.68 Å². The fraction of sp³-hybridized carbons (Fsp3) is 0.421. The van der Waals surface area contributed by atoms with Crippen LogP contribution in [0, 0.1) is 0 Å². The van der Waals surface area contributed by atoms with Gasteiger partial charge in [0.2, 0.25) is 5.91 Å². The zero-order valence-corrected chi connectivity index (χ0v) is 16.9. The van der Waals surface area contributed by atoms with E-state index in [4.69, 9.17) is 0 Å². The molecule has 1 aromatic heterocycles. The topological polar surface area (TPSA) is 61.7 Å². The number of aryl methyl sites for hydroxylation is 1. The fourth-order valence-corrected chi connectivity index (χ4v) is 4.35. The van der Waals surface area contributed by atoms with E-state index in [9.17, 15) is 9.59 Å². The standard InChI is InChI=1S/C19H22BrN5O2/c1-22-19(27)18(20)16(12-21-22)24-10-8-23(9-11-24)13-17(26)25-7-6-14-4-2-3-5-15(14)25/h2-5,12H,6-11,13H2,1H3. The predicted octanol–water partition coefficient (Wildman–Crippen LogP) is 1.25. The van der Waals surface area contributed by atoms with Crippen LogP contribution in [-0.2, 0) is 18.3 Å². The molecular formula is C19H22BrN5O2. The Morgan fingerprint density at radius 1 is 1.11 bits per heavy atom. The first kappa shape index (κ1) is 18.2. The van der Waals surface area contributed by atoms with E-state index in [2.05, 4.69) is 36.9 Å². The Morgan fingerprint density at radius 2 is 1.85 bits per heavy atom. The van der Waals surface area contributed by atoms with Gasteiger partial charge in [0.1, 0.15) is 4.47 Å². The molecule has 0 atom stereocenters. The normalized spacial score (nSPS) is 17.3. The maximum atomic E-state index is 12.8. The number of anilines is 2. The third-order valence-corrected chi connectivity index (χ3v) is 6.07. The van der Waals surface area contributed by atoms with Gasteiger partial charge in [0.05, 0.1) is 18.4 Å². The van der Waals surface area contributed by atoms with E-state index in [0.29, 0.717) is 11.0 Å². The summed E-state index contributed by atoms with van der Waals surface area (Å²) in [4.78, 5) is 31.1. The molecule has 0 spiro atoms. The number of rotatable bonds is 3. The van der Waals surface area contributed by atoms with Gasteiger partial charge in [-0.1, -0.05) is 18.2 Å². The zero-order valence-electron chi connectivity index (χ0n) is 15.3. The van der Waals surface area contributed by atoms with E-state index in [1.807, 2.05) is 23.1 Å². The highest BCUT2D eigenvalue weighted by atomic mass is 79.9. The van der Waals surface area contributed by atoms with Crippen molar-refractivity contribution in [1.29, 1.82) is 0 Å². The highest BCUT2D eigenvalue weighted by Crippen LogP contribution is 2.28. The summed E-state index contributed by atoms with van der Waals surface area (Å²) in [5, 5.41) is 4.11. The lowest BCUT2D eigenvalue weighted by Crippen LogP contribution is -2.50. The molecule has 3 heterocycles. The number of fused-ring (bicyclic) bond motifs is 1. The van der Waals surface area contributed by atoms with Gasteiger partial charge in [-0.15, -0.1) is 0 Å². The molecule has 0 saturated carbocycles. The molecule has 1 saturated heterocycles. The largest absolute Gasteiger partial charge is 0.367 e. The first-order valence-corrected chi connectivity index (χ1v) is 9.91. The average Bonchev–Trinajstić information content (AvgIpc) is 3.11. The summed E-state index contributed by atoms with van der Waals surface area (Å²) in [7, 11) is 1.64. The minimum atomic E-state index is -0.141. The monoisotopic (exact) mass is 431 g/mol. The summed E-state index contributed by atoms with van der Waals surface area (Å²) >= 11 is 3.39. The lowest BCUT2D eigenvalue weighted by Gasteiger charge is -2.36. The van der Waals surface area contributed by atoms with Crippen molar-refractivity contribution in [2.75, 3.05) is 49.1 Å². The van der Waals surface area contributed by atoms with E-state index in [0.717, 1.165) is 50.5 Å². The highest BCUT2D eigenvalue weighted by Gasteiger charge is 2.27. The molecule has 8 heteroatoms. The molecule has 0 N–H and O–H groups in total. The molecule has 0 radical (unpaired) electrons. The smallest absolute Gasteiger partial charge is 0.282 e. The molecule has 2 aliphatic heterocycles. The van der Waals surface area contributed by atoms with Crippen LogP contribution in [0.5, 0.6) is 0 Å². The number of hydrogen-bond donors (Lipinski definition) is 0. The molecule has 7 nitrogen and oxygen atoms in total. The van der Waals surface area contributed by atoms with Crippen molar-refractivity contribution >= 4 is 33.2 Å². The van der Waals surface area contributed by atoms with Crippen LogP contribution in [0.25, 0.3) is 0 Å².